The van der Waals surface area contributed by atoms with E-state index < -0.39 is 5.97 Å². The fourth-order valence-electron chi connectivity index (χ4n) is 1.85. The third kappa shape index (κ3) is 2.90. The zero-order chi connectivity index (χ0) is 13.8. The van der Waals surface area contributed by atoms with Crippen molar-refractivity contribution in [3.63, 3.8) is 0 Å². The van der Waals surface area contributed by atoms with Gasteiger partial charge in [-0.3, -0.25) is 0 Å². The van der Waals surface area contributed by atoms with Gasteiger partial charge in [0, 0.05) is 13.2 Å². The number of carbonyl (C=O) groups is 1. The molecule has 0 aromatic heterocycles. The van der Waals surface area contributed by atoms with Crippen LogP contribution in [0, 0.1) is 0 Å². The van der Waals surface area contributed by atoms with Crippen LogP contribution < -0.4 is 15.8 Å². The molecule has 0 saturated carbocycles. The summed E-state index contributed by atoms with van der Waals surface area (Å²) in [6, 6.07) is 3.22. The first-order valence-electron chi connectivity index (χ1n) is 6.07. The van der Waals surface area contributed by atoms with Crippen molar-refractivity contribution in [2.24, 2.45) is 0 Å². The van der Waals surface area contributed by atoms with E-state index in [9.17, 15) is 4.79 Å². The molecule has 1 fully saturated rings. The Morgan fingerprint density at radius 3 is 2.79 bits per heavy atom. The smallest absolute Gasteiger partial charge is 0.338 e. The van der Waals surface area contributed by atoms with E-state index in [1.54, 1.807) is 12.1 Å². The Labute approximate surface area is 111 Å². The van der Waals surface area contributed by atoms with Crippen molar-refractivity contribution in [3.8, 4) is 5.75 Å². The minimum atomic E-state index is -0.429. The Morgan fingerprint density at radius 2 is 2.26 bits per heavy atom. The molecule has 0 aliphatic carbocycles. The van der Waals surface area contributed by atoms with E-state index in [1.807, 2.05) is 0 Å². The lowest BCUT2D eigenvalue weighted by Gasteiger charge is -2.27. The maximum absolute atomic E-state index is 11.6. The van der Waals surface area contributed by atoms with Crippen molar-refractivity contribution in [2.75, 3.05) is 38.4 Å². The molecule has 1 aliphatic rings. The Kier molecular flexibility index (Phi) is 4.11. The average Bonchev–Trinajstić information content (AvgIpc) is 2.37. The van der Waals surface area contributed by atoms with Gasteiger partial charge in [0.25, 0.3) is 0 Å². The molecule has 1 saturated heterocycles. The van der Waals surface area contributed by atoms with Crippen LogP contribution in [0.15, 0.2) is 12.1 Å². The zero-order valence-electron chi connectivity index (χ0n) is 11.1. The van der Waals surface area contributed by atoms with Gasteiger partial charge in [0.1, 0.15) is 5.75 Å². The third-order valence-corrected chi connectivity index (χ3v) is 3.10. The summed E-state index contributed by atoms with van der Waals surface area (Å²) in [4.78, 5) is 11.6. The summed E-state index contributed by atoms with van der Waals surface area (Å²) in [7, 11) is 2.84. The monoisotopic (exact) mass is 266 g/mol. The molecular weight excluding hydrogens is 248 g/mol. The van der Waals surface area contributed by atoms with Gasteiger partial charge in [-0.2, -0.15) is 0 Å². The van der Waals surface area contributed by atoms with Gasteiger partial charge >= 0.3 is 5.97 Å². The minimum absolute atomic E-state index is 0.201. The van der Waals surface area contributed by atoms with Crippen LogP contribution in [-0.2, 0) is 9.47 Å². The molecule has 0 spiro atoms. The molecule has 6 heteroatoms. The van der Waals surface area contributed by atoms with Crippen LogP contribution in [0.2, 0.25) is 0 Å². The predicted molar refractivity (Wildman–Crippen MR) is 71.6 cm³/mol. The Morgan fingerprint density at radius 1 is 1.53 bits per heavy atom. The highest BCUT2D eigenvalue weighted by molar-refractivity contribution is 5.93. The maximum Gasteiger partial charge on any atom is 0.338 e. The number of hydrogen-bond donors (Lipinski definition) is 2. The maximum atomic E-state index is 11.6. The Hall–Kier alpha value is -1.95. The Bertz CT molecular complexity index is 472. The summed E-state index contributed by atoms with van der Waals surface area (Å²) >= 11 is 0. The molecule has 19 heavy (non-hydrogen) atoms. The molecule has 1 aromatic carbocycles. The number of hydrogen-bond acceptors (Lipinski definition) is 6. The van der Waals surface area contributed by atoms with Gasteiger partial charge in [0.05, 0.1) is 37.3 Å². The third-order valence-electron chi connectivity index (χ3n) is 3.10. The highest BCUT2D eigenvalue weighted by Gasteiger charge is 2.19. The lowest BCUT2D eigenvalue weighted by Crippen LogP contribution is -2.33. The number of carbonyl (C=O) groups excluding carboxylic acids is 1. The van der Waals surface area contributed by atoms with E-state index >= 15 is 0 Å². The summed E-state index contributed by atoms with van der Waals surface area (Å²) < 4.78 is 15.2. The van der Waals surface area contributed by atoms with Gasteiger partial charge < -0.3 is 25.3 Å². The molecule has 0 amide bonds. The highest BCUT2D eigenvalue weighted by Crippen LogP contribution is 2.32. The fourth-order valence-corrected chi connectivity index (χ4v) is 1.85. The molecule has 1 aliphatic heterocycles. The predicted octanol–water partition coefficient (Wildman–Crippen LogP) is 1.26. The number of nitrogen functional groups attached to an aromatic ring is 1. The van der Waals surface area contributed by atoms with Crippen LogP contribution in [0.5, 0.6) is 5.75 Å². The first-order valence-corrected chi connectivity index (χ1v) is 6.07. The molecule has 0 bridgehead atoms. The van der Waals surface area contributed by atoms with Crippen LogP contribution in [0.1, 0.15) is 16.8 Å². The van der Waals surface area contributed by atoms with Crippen LogP contribution in [-0.4, -0.2) is 39.4 Å². The van der Waals surface area contributed by atoms with Crippen molar-refractivity contribution in [1.82, 2.24) is 0 Å². The fraction of sp³-hybridized carbons (Fsp3) is 0.462. The quantitative estimate of drug-likeness (QED) is 0.617. The summed E-state index contributed by atoms with van der Waals surface area (Å²) in [5.74, 6) is 0.0150. The summed E-state index contributed by atoms with van der Waals surface area (Å²) in [5.41, 5.74) is 7.48. The van der Waals surface area contributed by atoms with Crippen molar-refractivity contribution in [1.29, 1.82) is 0 Å². The van der Waals surface area contributed by atoms with Gasteiger partial charge in [0.15, 0.2) is 0 Å². The number of esters is 1. The van der Waals surface area contributed by atoms with E-state index in [0.717, 1.165) is 13.0 Å². The van der Waals surface area contributed by atoms with Crippen molar-refractivity contribution in [3.05, 3.63) is 17.7 Å². The van der Waals surface area contributed by atoms with E-state index in [0.29, 0.717) is 29.2 Å². The first-order chi connectivity index (χ1) is 9.15. The summed E-state index contributed by atoms with van der Waals surface area (Å²) in [5, 5.41) is 3.17. The van der Waals surface area contributed by atoms with Crippen LogP contribution in [0.3, 0.4) is 0 Å². The van der Waals surface area contributed by atoms with Gasteiger partial charge in [-0.1, -0.05) is 0 Å². The number of ether oxygens (including phenoxy) is 3. The van der Waals surface area contributed by atoms with Crippen molar-refractivity contribution in [2.45, 2.75) is 12.5 Å². The van der Waals surface area contributed by atoms with Gasteiger partial charge in [-0.05, 0) is 18.6 Å². The standard InChI is InChI=1S/C13H18N2O4/c1-17-11-6-8(13(16)18-2)5-10(12(11)14)15-7-9-3-4-19-9/h5-6,9,15H,3-4,7,14H2,1-2H3. The molecule has 1 atom stereocenters. The number of nitrogens with one attached hydrogen (secondary N) is 1. The molecule has 104 valence electrons. The lowest BCUT2D eigenvalue weighted by molar-refractivity contribution is -0.0410. The number of rotatable bonds is 5. The number of methoxy groups -OCH3 is 2. The summed E-state index contributed by atoms with van der Waals surface area (Å²) in [6.07, 6.45) is 1.23. The minimum Gasteiger partial charge on any atom is -0.494 e. The summed E-state index contributed by atoms with van der Waals surface area (Å²) in [6.45, 7) is 1.45. The molecular formula is C13H18N2O4. The molecule has 6 nitrogen and oxygen atoms in total. The number of anilines is 2. The second-order valence-electron chi connectivity index (χ2n) is 4.29. The van der Waals surface area contributed by atoms with E-state index in [2.05, 4.69) is 5.32 Å². The van der Waals surface area contributed by atoms with Crippen LogP contribution >= 0.6 is 0 Å². The van der Waals surface area contributed by atoms with Crippen molar-refractivity contribution >= 4 is 17.3 Å². The second-order valence-corrected chi connectivity index (χ2v) is 4.29. The number of benzene rings is 1. The van der Waals surface area contributed by atoms with E-state index in [-0.39, 0.29) is 6.10 Å². The number of nitrogens with two attached hydrogens (primary N) is 1. The van der Waals surface area contributed by atoms with Crippen molar-refractivity contribution < 1.29 is 19.0 Å². The zero-order valence-corrected chi connectivity index (χ0v) is 11.1. The van der Waals surface area contributed by atoms with Crippen LogP contribution in [0.25, 0.3) is 0 Å². The van der Waals surface area contributed by atoms with E-state index in [1.165, 1.54) is 14.2 Å². The molecule has 1 unspecified atom stereocenters. The highest BCUT2D eigenvalue weighted by atomic mass is 16.5. The Balaban J connectivity index is 2.20. The van der Waals surface area contributed by atoms with Gasteiger partial charge in [0.2, 0.25) is 0 Å². The van der Waals surface area contributed by atoms with Gasteiger partial charge in [-0.25, -0.2) is 4.79 Å². The SMILES string of the molecule is COC(=O)c1cc(NCC2CCO2)c(N)c(OC)c1. The second kappa shape index (κ2) is 5.79. The lowest BCUT2D eigenvalue weighted by atomic mass is 10.1. The largest absolute Gasteiger partial charge is 0.494 e. The van der Waals surface area contributed by atoms with Gasteiger partial charge in [-0.15, -0.1) is 0 Å². The average molecular weight is 266 g/mol. The topological polar surface area (TPSA) is 82.8 Å². The normalized spacial score (nSPS) is 17.5. The van der Waals surface area contributed by atoms with E-state index in [4.69, 9.17) is 19.9 Å². The molecule has 2 rings (SSSR count). The van der Waals surface area contributed by atoms with Crippen LogP contribution in [0.4, 0.5) is 11.4 Å². The molecule has 3 N–H and O–H groups in total. The molecule has 0 radical (unpaired) electrons. The first kappa shape index (κ1) is 13.5. The molecule has 1 aromatic rings. The molecule has 1 heterocycles.